The van der Waals surface area contributed by atoms with Gasteiger partial charge >= 0.3 is 5.97 Å². The zero-order valence-corrected chi connectivity index (χ0v) is 34.2. The van der Waals surface area contributed by atoms with E-state index in [0.717, 1.165) is 36.7 Å². The first-order valence-electron chi connectivity index (χ1n) is 22.6. The van der Waals surface area contributed by atoms with Crippen molar-refractivity contribution in [1.82, 2.24) is 4.90 Å². The molecule has 0 saturated carbocycles. The lowest BCUT2D eigenvalue weighted by Gasteiger charge is -2.23. The third kappa shape index (κ3) is 22.7. The van der Waals surface area contributed by atoms with E-state index in [-0.39, 0.29) is 11.5 Å². The molecule has 2 rings (SSSR count). The summed E-state index contributed by atoms with van der Waals surface area (Å²) in [4.78, 5) is 27.3. The molecule has 0 radical (unpaired) electrons. The summed E-state index contributed by atoms with van der Waals surface area (Å²) >= 11 is 0. The Bertz CT molecular complexity index is 1120. The predicted octanol–water partition coefficient (Wildman–Crippen LogP) is 15.5. The van der Waals surface area contributed by atoms with Crippen molar-refractivity contribution in [2.45, 2.75) is 219 Å². The second-order valence-electron chi connectivity index (χ2n) is 16.0. The van der Waals surface area contributed by atoms with Crippen LogP contribution < -0.4 is 0 Å². The minimum Gasteiger partial charge on any atom is -0.478 e. The van der Waals surface area contributed by atoms with Crippen LogP contribution >= 0.6 is 0 Å². The molecule has 296 valence electrons. The van der Waals surface area contributed by atoms with Gasteiger partial charge in [0.15, 0.2) is 0 Å². The van der Waals surface area contributed by atoms with Crippen LogP contribution in [0.1, 0.15) is 240 Å². The van der Waals surface area contributed by atoms with Crippen LogP contribution in [0.2, 0.25) is 0 Å². The zero-order valence-electron chi connectivity index (χ0n) is 34.2. The van der Waals surface area contributed by atoms with Crippen LogP contribution in [0.3, 0.4) is 0 Å². The fraction of sp³-hybridized carbons (Fsp3) is 0.750. The first kappa shape index (κ1) is 45.8. The molecule has 1 amide bonds. The third-order valence-corrected chi connectivity index (χ3v) is 11.2. The molecule has 0 atom stereocenters. The largest absolute Gasteiger partial charge is 0.478 e. The normalized spacial score (nSPS) is 11.4. The average molecular weight is 720 g/mol. The minimum atomic E-state index is -0.925. The summed E-state index contributed by atoms with van der Waals surface area (Å²) < 4.78 is 0. The highest BCUT2D eigenvalue weighted by Crippen LogP contribution is 2.21. The van der Waals surface area contributed by atoms with Crippen LogP contribution in [0.25, 0.3) is 10.8 Å². The highest BCUT2D eigenvalue weighted by molar-refractivity contribution is 6.00. The lowest BCUT2D eigenvalue weighted by Crippen LogP contribution is -2.33. The predicted molar refractivity (Wildman–Crippen MR) is 226 cm³/mol. The summed E-state index contributed by atoms with van der Waals surface area (Å²) in [6.07, 6.45) is 43.3. The Morgan fingerprint density at radius 1 is 0.404 bits per heavy atom. The molecule has 0 aliphatic heterocycles. The van der Waals surface area contributed by atoms with E-state index in [4.69, 9.17) is 0 Å². The van der Waals surface area contributed by atoms with Gasteiger partial charge in [0.2, 0.25) is 0 Å². The van der Waals surface area contributed by atoms with E-state index in [1.54, 1.807) is 12.1 Å². The molecule has 52 heavy (non-hydrogen) atoms. The molecule has 0 aromatic heterocycles. The Balaban J connectivity index is 1.65. The van der Waals surface area contributed by atoms with Crippen LogP contribution in [-0.4, -0.2) is 35.0 Å². The van der Waals surface area contributed by atoms with Gasteiger partial charge in [0, 0.05) is 18.7 Å². The van der Waals surface area contributed by atoms with E-state index in [2.05, 4.69) is 18.7 Å². The molecule has 4 heteroatoms. The topological polar surface area (TPSA) is 57.6 Å². The van der Waals surface area contributed by atoms with Crippen LogP contribution in [0, 0.1) is 0 Å². The molecule has 0 fully saturated rings. The molecule has 0 unspecified atom stereocenters. The van der Waals surface area contributed by atoms with Gasteiger partial charge in [-0.3, -0.25) is 4.79 Å². The Labute approximate surface area is 321 Å². The van der Waals surface area contributed by atoms with Gasteiger partial charge in [0.1, 0.15) is 0 Å². The molecule has 2 aromatic rings. The second kappa shape index (κ2) is 32.1. The van der Waals surface area contributed by atoms with Crippen LogP contribution in [0.15, 0.2) is 36.4 Å². The monoisotopic (exact) mass is 720 g/mol. The van der Waals surface area contributed by atoms with E-state index in [1.165, 1.54) is 193 Å². The number of carbonyl (C=O) groups is 2. The maximum Gasteiger partial charge on any atom is 0.335 e. The lowest BCUT2D eigenvalue weighted by molar-refractivity contribution is 0.0695. The summed E-state index contributed by atoms with van der Waals surface area (Å²) in [7, 11) is 0. The van der Waals surface area contributed by atoms with Gasteiger partial charge in [-0.1, -0.05) is 219 Å². The van der Waals surface area contributed by atoms with Crippen molar-refractivity contribution in [3.8, 4) is 0 Å². The molecule has 0 bridgehead atoms. The number of hydrogen-bond donors (Lipinski definition) is 1. The number of carbonyl (C=O) groups excluding carboxylic acids is 1. The number of carboxylic acids is 1. The summed E-state index contributed by atoms with van der Waals surface area (Å²) in [6.45, 7) is 6.23. The highest BCUT2D eigenvalue weighted by atomic mass is 16.4. The van der Waals surface area contributed by atoms with Gasteiger partial charge in [-0.15, -0.1) is 0 Å². The number of carboxylic acid groups (broad SMARTS) is 1. The molecule has 0 aliphatic carbocycles. The van der Waals surface area contributed by atoms with Crippen molar-refractivity contribution in [1.29, 1.82) is 0 Å². The Kier molecular flexibility index (Phi) is 28.3. The number of fused-ring (bicyclic) bond motifs is 1. The van der Waals surface area contributed by atoms with Gasteiger partial charge < -0.3 is 10.0 Å². The highest BCUT2D eigenvalue weighted by Gasteiger charge is 2.16. The molecular weight excluding hydrogens is 639 g/mol. The van der Waals surface area contributed by atoms with Crippen molar-refractivity contribution in [3.05, 3.63) is 47.5 Å². The van der Waals surface area contributed by atoms with Crippen molar-refractivity contribution < 1.29 is 14.7 Å². The van der Waals surface area contributed by atoms with Crippen molar-refractivity contribution in [3.63, 3.8) is 0 Å². The van der Waals surface area contributed by atoms with E-state index >= 15 is 0 Å². The quantitative estimate of drug-likeness (QED) is 0.0713. The summed E-state index contributed by atoms with van der Waals surface area (Å²) in [5.74, 6) is -0.808. The minimum absolute atomic E-state index is 0.117. The molecule has 4 nitrogen and oxygen atoms in total. The maximum atomic E-state index is 13.8. The van der Waals surface area contributed by atoms with Gasteiger partial charge in [-0.2, -0.15) is 0 Å². The zero-order chi connectivity index (χ0) is 37.3. The van der Waals surface area contributed by atoms with Crippen LogP contribution in [-0.2, 0) is 0 Å². The standard InChI is InChI=1S/C48H81NO3/c1-3-5-7-9-11-13-15-17-19-21-23-25-27-29-31-33-39-49(47(50)45-37-35-44-42-46(48(51)52)38-36-43(44)41-45)40-34-32-30-28-26-24-22-20-18-16-14-12-10-8-6-4-2/h35-38,41-42H,3-34,39-40H2,1-2H3,(H,51,52). The smallest absolute Gasteiger partial charge is 0.335 e. The molecular formula is C48H81NO3. The number of hydrogen-bond acceptors (Lipinski definition) is 2. The first-order chi connectivity index (χ1) is 25.6. The first-order valence-corrected chi connectivity index (χ1v) is 22.6. The third-order valence-electron chi connectivity index (χ3n) is 11.2. The van der Waals surface area contributed by atoms with Gasteiger partial charge in [0.25, 0.3) is 5.91 Å². The van der Waals surface area contributed by atoms with E-state index < -0.39 is 5.97 Å². The van der Waals surface area contributed by atoms with Gasteiger partial charge in [-0.25, -0.2) is 4.79 Å². The van der Waals surface area contributed by atoms with Gasteiger partial charge in [-0.05, 0) is 47.9 Å². The SMILES string of the molecule is CCCCCCCCCCCCCCCCCCN(CCCCCCCCCCCCCCCCCC)C(=O)c1ccc2cc(C(=O)O)ccc2c1. The van der Waals surface area contributed by atoms with E-state index in [1.807, 2.05) is 24.3 Å². The van der Waals surface area contributed by atoms with Gasteiger partial charge in [0.05, 0.1) is 5.56 Å². The Morgan fingerprint density at radius 3 is 0.981 bits per heavy atom. The average Bonchev–Trinajstić information content (AvgIpc) is 3.15. The van der Waals surface area contributed by atoms with Crippen LogP contribution in [0.5, 0.6) is 0 Å². The lowest BCUT2D eigenvalue weighted by atomic mass is 10.0. The number of unbranched alkanes of at least 4 members (excludes halogenated alkanes) is 30. The summed E-state index contributed by atoms with van der Waals surface area (Å²) in [5.41, 5.74) is 0.990. The molecule has 0 saturated heterocycles. The Hall–Kier alpha value is -2.36. The van der Waals surface area contributed by atoms with Crippen molar-refractivity contribution in [2.24, 2.45) is 0 Å². The summed E-state index contributed by atoms with van der Waals surface area (Å²) in [6, 6.07) is 10.9. The maximum absolute atomic E-state index is 13.8. The number of nitrogens with zero attached hydrogens (tertiary/aromatic N) is 1. The Morgan fingerprint density at radius 2 is 0.673 bits per heavy atom. The molecule has 0 aliphatic rings. The fourth-order valence-corrected chi connectivity index (χ4v) is 7.71. The molecule has 0 spiro atoms. The summed E-state index contributed by atoms with van der Waals surface area (Å²) in [5, 5.41) is 11.1. The number of rotatable bonds is 36. The fourth-order valence-electron chi connectivity index (χ4n) is 7.71. The number of amides is 1. The van der Waals surface area contributed by atoms with Crippen LogP contribution in [0.4, 0.5) is 0 Å². The molecule has 1 N–H and O–H groups in total. The number of aromatic carboxylic acids is 1. The van der Waals surface area contributed by atoms with E-state index in [9.17, 15) is 14.7 Å². The number of benzene rings is 2. The molecule has 0 heterocycles. The second-order valence-corrected chi connectivity index (χ2v) is 16.0. The molecule has 2 aromatic carbocycles. The van der Waals surface area contributed by atoms with Crippen molar-refractivity contribution in [2.75, 3.05) is 13.1 Å². The van der Waals surface area contributed by atoms with Crippen molar-refractivity contribution >= 4 is 22.6 Å². The van der Waals surface area contributed by atoms with E-state index in [0.29, 0.717) is 5.56 Å².